The van der Waals surface area contributed by atoms with Crippen LogP contribution in [0.2, 0.25) is 5.02 Å². The van der Waals surface area contributed by atoms with Crippen molar-refractivity contribution in [2.45, 2.75) is 13.3 Å². The van der Waals surface area contributed by atoms with Gasteiger partial charge in [0.2, 0.25) is 11.8 Å². The van der Waals surface area contributed by atoms with Gasteiger partial charge in [-0.1, -0.05) is 29.8 Å². The van der Waals surface area contributed by atoms with E-state index >= 15 is 0 Å². The number of hydrogen-bond acceptors (Lipinski definition) is 6. The lowest BCUT2D eigenvalue weighted by Gasteiger charge is -2.11. The Labute approximate surface area is 194 Å². The van der Waals surface area contributed by atoms with E-state index in [2.05, 4.69) is 15.3 Å². The molecule has 0 atom stereocenters. The van der Waals surface area contributed by atoms with Gasteiger partial charge in [-0.05, 0) is 48.9 Å². The number of benzene rings is 2. The highest BCUT2D eigenvalue weighted by molar-refractivity contribution is 7.13. The average molecular weight is 461 g/mol. The number of carbonyl (C=O) groups excluding carboxylic acids is 1. The number of nitriles is 1. The van der Waals surface area contributed by atoms with Gasteiger partial charge in [0.15, 0.2) is 0 Å². The third kappa shape index (κ3) is 4.94. The summed E-state index contributed by atoms with van der Waals surface area (Å²) < 4.78 is 5.73. The zero-order valence-electron chi connectivity index (χ0n) is 17.0. The largest absolute Gasteiger partial charge is 0.438 e. The van der Waals surface area contributed by atoms with Crippen molar-refractivity contribution in [3.8, 4) is 28.3 Å². The van der Waals surface area contributed by atoms with Gasteiger partial charge in [0, 0.05) is 22.8 Å². The minimum Gasteiger partial charge on any atom is -0.438 e. The molecule has 0 aliphatic carbocycles. The first kappa shape index (κ1) is 21.5. The maximum absolute atomic E-state index is 12.6. The second-order valence-electron chi connectivity index (χ2n) is 6.90. The number of halogens is 1. The SMILES string of the molecule is Cc1cc(Oc2ncccc2C#N)ccc1NC(=O)Cc1csc(-c2ccccc2Cl)n1. The molecule has 2 heterocycles. The lowest BCUT2D eigenvalue weighted by Crippen LogP contribution is -2.15. The molecule has 4 aromatic rings. The smallest absolute Gasteiger partial charge is 0.237 e. The minimum atomic E-state index is -0.172. The van der Waals surface area contributed by atoms with Crippen LogP contribution < -0.4 is 10.1 Å². The fourth-order valence-electron chi connectivity index (χ4n) is 3.01. The number of aromatic nitrogens is 2. The van der Waals surface area contributed by atoms with Crippen molar-refractivity contribution in [1.29, 1.82) is 5.26 Å². The molecule has 0 aliphatic rings. The minimum absolute atomic E-state index is 0.151. The van der Waals surface area contributed by atoms with Gasteiger partial charge in [-0.3, -0.25) is 4.79 Å². The number of thiazole rings is 1. The lowest BCUT2D eigenvalue weighted by molar-refractivity contribution is -0.115. The second-order valence-corrected chi connectivity index (χ2v) is 8.16. The number of ether oxygens (including phenoxy) is 1. The Morgan fingerprint density at radius 1 is 1.22 bits per heavy atom. The van der Waals surface area contributed by atoms with Crippen LogP contribution in [0.25, 0.3) is 10.6 Å². The van der Waals surface area contributed by atoms with Gasteiger partial charge in [-0.25, -0.2) is 9.97 Å². The normalized spacial score (nSPS) is 10.4. The summed E-state index contributed by atoms with van der Waals surface area (Å²) in [6.07, 6.45) is 1.71. The Kier molecular flexibility index (Phi) is 6.45. The molecule has 0 unspecified atom stereocenters. The summed E-state index contributed by atoms with van der Waals surface area (Å²) in [5, 5.41) is 15.3. The number of pyridine rings is 1. The first-order chi connectivity index (χ1) is 15.5. The molecular weight excluding hydrogens is 444 g/mol. The molecule has 8 heteroatoms. The Morgan fingerprint density at radius 3 is 2.84 bits per heavy atom. The predicted molar refractivity (Wildman–Crippen MR) is 125 cm³/mol. The van der Waals surface area contributed by atoms with Crippen LogP contribution in [0.1, 0.15) is 16.8 Å². The van der Waals surface area contributed by atoms with Gasteiger partial charge >= 0.3 is 0 Å². The second kappa shape index (κ2) is 9.60. The number of nitrogens with one attached hydrogen (secondary N) is 1. The summed E-state index contributed by atoms with van der Waals surface area (Å²) in [6, 6.07) is 18.1. The first-order valence-corrected chi connectivity index (χ1v) is 10.9. The van der Waals surface area contributed by atoms with E-state index in [0.29, 0.717) is 27.7 Å². The van der Waals surface area contributed by atoms with Crippen molar-refractivity contribution < 1.29 is 9.53 Å². The number of amides is 1. The third-order valence-corrected chi connectivity index (χ3v) is 5.83. The highest BCUT2D eigenvalue weighted by atomic mass is 35.5. The highest BCUT2D eigenvalue weighted by Crippen LogP contribution is 2.30. The molecule has 2 aromatic carbocycles. The number of anilines is 1. The monoisotopic (exact) mass is 460 g/mol. The van der Waals surface area contributed by atoms with E-state index in [1.807, 2.05) is 42.6 Å². The van der Waals surface area contributed by atoms with Crippen molar-refractivity contribution in [3.63, 3.8) is 0 Å². The van der Waals surface area contributed by atoms with Gasteiger partial charge in [-0.2, -0.15) is 5.26 Å². The molecule has 0 spiro atoms. The Balaban J connectivity index is 1.42. The van der Waals surface area contributed by atoms with E-state index in [0.717, 1.165) is 16.1 Å². The average Bonchev–Trinajstić information content (AvgIpc) is 3.24. The Bertz CT molecular complexity index is 1330. The molecule has 158 valence electrons. The van der Waals surface area contributed by atoms with Crippen molar-refractivity contribution in [2.75, 3.05) is 5.32 Å². The molecule has 0 radical (unpaired) electrons. The third-order valence-electron chi connectivity index (χ3n) is 4.58. The van der Waals surface area contributed by atoms with E-state index in [4.69, 9.17) is 21.6 Å². The van der Waals surface area contributed by atoms with Gasteiger partial charge < -0.3 is 10.1 Å². The molecule has 6 nitrogen and oxygen atoms in total. The van der Waals surface area contributed by atoms with E-state index in [1.165, 1.54) is 11.3 Å². The lowest BCUT2D eigenvalue weighted by atomic mass is 10.2. The molecule has 0 aliphatic heterocycles. The molecule has 1 N–H and O–H groups in total. The van der Waals surface area contributed by atoms with Crippen LogP contribution in [-0.2, 0) is 11.2 Å². The van der Waals surface area contributed by atoms with Gasteiger partial charge in [0.25, 0.3) is 0 Å². The summed E-state index contributed by atoms with van der Waals surface area (Å²) in [6.45, 7) is 1.87. The fraction of sp³-hybridized carbons (Fsp3) is 0.0833. The van der Waals surface area contributed by atoms with Crippen LogP contribution in [0.3, 0.4) is 0 Å². The zero-order valence-corrected chi connectivity index (χ0v) is 18.6. The molecular formula is C24H17ClN4O2S. The summed E-state index contributed by atoms with van der Waals surface area (Å²) in [5.41, 5.74) is 3.37. The Hall–Kier alpha value is -3.73. The maximum Gasteiger partial charge on any atom is 0.237 e. The number of aryl methyl sites for hydroxylation is 1. The summed E-state index contributed by atoms with van der Waals surface area (Å²) in [7, 11) is 0. The molecule has 0 bridgehead atoms. The first-order valence-electron chi connectivity index (χ1n) is 9.66. The van der Waals surface area contributed by atoms with Gasteiger partial charge in [0.1, 0.15) is 22.4 Å². The number of carbonyl (C=O) groups is 1. The van der Waals surface area contributed by atoms with Crippen molar-refractivity contribution in [1.82, 2.24) is 9.97 Å². The number of rotatable bonds is 6. The summed E-state index contributed by atoms with van der Waals surface area (Å²) >= 11 is 7.69. The van der Waals surface area contributed by atoms with Gasteiger partial charge in [0.05, 0.1) is 17.1 Å². The standard InChI is InChI=1S/C24H17ClN4O2S/c1-15-11-18(31-23-16(13-26)5-4-10-27-23)8-9-21(15)29-22(30)12-17-14-32-24(28-17)19-6-2-3-7-20(19)25/h2-11,14H,12H2,1H3,(H,29,30). The van der Waals surface area contributed by atoms with Crippen LogP contribution in [0, 0.1) is 18.3 Å². The van der Waals surface area contributed by atoms with Crippen LogP contribution in [-0.4, -0.2) is 15.9 Å². The van der Waals surface area contributed by atoms with Crippen molar-refractivity contribution >= 4 is 34.5 Å². The molecule has 4 rings (SSSR count). The number of nitrogens with zero attached hydrogens (tertiary/aromatic N) is 3. The van der Waals surface area contributed by atoms with E-state index < -0.39 is 0 Å². The van der Waals surface area contributed by atoms with Crippen LogP contribution >= 0.6 is 22.9 Å². The van der Waals surface area contributed by atoms with Crippen molar-refractivity contribution in [3.05, 3.63) is 88.0 Å². The van der Waals surface area contributed by atoms with Crippen LogP contribution in [0.4, 0.5) is 5.69 Å². The number of hydrogen-bond donors (Lipinski definition) is 1. The molecule has 32 heavy (non-hydrogen) atoms. The van der Waals surface area contributed by atoms with Crippen LogP contribution in [0.15, 0.2) is 66.2 Å². The molecule has 0 fully saturated rings. The van der Waals surface area contributed by atoms with Crippen molar-refractivity contribution in [2.24, 2.45) is 0 Å². The Morgan fingerprint density at radius 2 is 2.06 bits per heavy atom. The van der Waals surface area contributed by atoms with Crippen LogP contribution in [0.5, 0.6) is 11.6 Å². The highest BCUT2D eigenvalue weighted by Gasteiger charge is 2.13. The van der Waals surface area contributed by atoms with E-state index in [-0.39, 0.29) is 18.2 Å². The van der Waals surface area contributed by atoms with Gasteiger partial charge in [-0.15, -0.1) is 11.3 Å². The molecule has 0 saturated heterocycles. The summed E-state index contributed by atoms with van der Waals surface area (Å²) in [5.74, 6) is 0.595. The molecule has 2 aromatic heterocycles. The predicted octanol–water partition coefficient (Wildman–Crippen LogP) is 6.01. The van der Waals surface area contributed by atoms with E-state index in [9.17, 15) is 4.79 Å². The summed E-state index contributed by atoms with van der Waals surface area (Å²) in [4.78, 5) is 21.2. The molecule has 1 amide bonds. The fourth-order valence-corrected chi connectivity index (χ4v) is 4.15. The quantitative estimate of drug-likeness (QED) is 0.380. The molecule has 0 saturated carbocycles. The topological polar surface area (TPSA) is 87.9 Å². The maximum atomic E-state index is 12.6. The zero-order chi connectivity index (χ0) is 22.5. The van der Waals surface area contributed by atoms with E-state index in [1.54, 1.807) is 36.5 Å².